The normalized spacial score (nSPS) is 16.9. The van der Waals surface area contributed by atoms with Crippen LogP contribution in [0.3, 0.4) is 0 Å². The number of carbonyl (C=O) groups excluding carboxylic acids is 2. The first kappa shape index (κ1) is 16.5. The molecule has 0 spiro atoms. The van der Waals surface area contributed by atoms with Gasteiger partial charge in [0.15, 0.2) is 0 Å². The van der Waals surface area contributed by atoms with Crippen LogP contribution in [-0.2, 0) is 4.79 Å². The van der Waals surface area contributed by atoms with Gasteiger partial charge in [0, 0.05) is 43.9 Å². The summed E-state index contributed by atoms with van der Waals surface area (Å²) in [5, 5.41) is 2.99. The molecule has 6 heteroatoms. The molecule has 5 nitrogen and oxygen atoms in total. The lowest BCUT2D eigenvalue weighted by molar-refractivity contribution is -0.114. The topological polar surface area (TPSA) is 62.3 Å². The van der Waals surface area contributed by atoms with Crippen LogP contribution in [0.5, 0.6) is 0 Å². The molecule has 2 heterocycles. The average Bonchev–Trinajstić information content (AvgIpc) is 3.06. The van der Waals surface area contributed by atoms with Crippen LogP contribution in [0.15, 0.2) is 42.7 Å². The number of hydrogen-bond acceptors (Lipinski definition) is 3. The average molecular weight is 344 g/mol. The number of carbonyl (C=O) groups is 2. The van der Waals surface area contributed by atoms with Gasteiger partial charge >= 0.3 is 0 Å². The van der Waals surface area contributed by atoms with Crippen molar-refractivity contribution in [2.75, 3.05) is 18.4 Å². The Balaban J connectivity index is 1.71. The molecule has 2 amide bonds. The molecule has 3 rings (SSSR count). The van der Waals surface area contributed by atoms with Gasteiger partial charge in [-0.3, -0.25) is 14.6 Å². The van der Waals surface area contributed by atoms with Crippen LogP contribution in [0.1, 0.15) is 35.2 Å². The number of pyridine rings is 1. The van der Waals surface area contributed by atoms with E-state index in [4.69, 9.17) is 11.6 Å². The van der Waals surface area contributed by atoms with E-state index in [9.17, 15) is 9.59 Å². The molecule has 0 bridgehead atoms. The highest BCUT2D eigenvalue weighted by atomic mass is 35.5. The van der Waals surface area contributed by atoms with Gasteiger partial charge in [-0.25, -0.2) is 0 Å². The lowest BCUT2D eigenvalue weighted by atomic mass is 10.0. The molecule has 0 radical (unpaired) electrons. The molecule has 1 saturated heterocycles. The number of rotatable bonds is 3. The lowest BCUT2D eigenvalue weighted by Crippen LogP contribution is -2.28. The maximum Gasteiger partial charge on any atom is 0.253 e. The smallest absolute Gasteiger partial charge is 0.253 e. The highest BCUT2D eigenvalue weighted by molar-refractivity contribution is 6.34. The van der Waals surface area contributed by atoms with Gasteiger partial charge in [-0.2, -0.15) is 0 Å². The minimum atomic E-state index is -0.199. The Labute approximate surface area is 145 Å². The molecule has 1 aliphatic heterocycles. The Morgan fingerprint density at radius 3 is 2.83 bits per heavy atom. The zero-order chi connectivity index (χ0) is 17.1. The predicted molar refractivity (Wildman–Crippen MR) is 93.3 cm³/mol. The van der Waals surface area contributed by atoms with Gasteiger partial charge in [-0.1, -0.05) is 17.7 Å². The summed E-state index contributed by atoms with van der Waals surface area (Å²) in [5.74, 6) is 0.0734. The number of benzene rings is 1. The molecule has 1 fully saturated rings. The number of likely N-dealkylation sites (tertiary alicyclic amines) is 1. The molecule has 2 aromatic rings. The first-order chi connectivity index (χ1) is 11.5. The van der Waals surface area contributed by atoms with Crippen molar-refractivity contribution in [3.05, 3.63) is 58.9 Å². The number of aromatic nitrogens is 1. The third kappa shape index (κ3) is 3.57. The van der Waals surface area contributed by atoms with Gasteiger partial charge < -0.3 is 10.2 Å². The maximum absolute atomic E-state index is 12.7. The molecule has 1 aromatic carbocycles. The molecule has 1 aliphatic rings. The summed E-state index contributed by atoms with van der Waals surface area (Å²) >= 11 is 6.16. The van der Waals surface area contributed by atoms with Crippen LogP contribution < -0.4 is 5.32 Å². The van der Waals surface area contributed by atoms with E-state index in [0.717, 1.165) is 12.0 Å². The first-order valence-corrected chi connectivity index (χ1v) is 8.18. The maximum atomic E-state index is 12.7. The zero-order valence-electron chi connectivity index (χ0n) is 13.3. The fraction of sp³-hybridized carbons (Fsp3) is 0.278. The van der Waals surface area contributed by atoms with Crippen molar-refractivity contribution >= 4 is 29.1 Å². The molecular formula is C18H18ClN3O2. The van der Waals surface area contributed by atoms with Crippen molar-refractivity contribution in [1.82, 2.24) is 9.88 Å². The van der Waals surface area contributed by atoms with Crippen molar-refractivity contribution in [2.24, 2.45) is 0 Å². The van der Waals surface area contributed by atoms with E-state index in [1.807, 2.05) is 23.2 Å². The van der Waals surface area contributed by atoms with E-state index in [0.29, 0.717) is 35.3 Å². The second-order valence-corrected chi connectivity index (χ2v) is 6.31. The SMILES string of the molecule is CC(=O)Nc1ccc(C(=O)N2CCC(c3cccnc3)C2)cc1Cl. The molecule has 1 atom stereocenters. The summed E-state index contributed by atoms with van der Waals surface area (Å²) in [4.78, 5) is 29.8. The van der Waals surface area contributed by atoms with Crippen LogP contribution in [-0.4, -0.2) is 34.8 Å². The number of hydrogen-bond donors (Lipinski definition) is 1. The van der Waals surface area contributed by atoms with E-state index < -0.39 is 0 Å². The van der Waals surface area contributed by atoms with Crippen molar-refractivity contribution < 1.29 is 9.59 Å². The molecule has 0 aliphatic carbocycles. The summed E-state index contributed by atoms with van der Waals surface area (Å²) in [5.41, 5.74) is 2.20. The third-order valence-electron chi connectivity index (χ3n) is 4.16. The largest absolute Gasteiger partial charge is 0.338 e. The van der Waals surface area contributed by atoms with Crippen LogP contribution >= 0.6 is 11.6 Å². The standard InChI is InChI=1S/C18H18ClN3O2/c1-12(23)21-17-5-4-13(9-16(17)19)18(24)22-8-6-15(11-22)14-3-2-7-20-10-14/h2-5,7,9-10,15H,6,8,11H2,1H3,(H,21,23). The van der Waals surface area contributed by atoms with Gasteiger partial charge in [0.25, 0.3) is 5.91 Å². The highest BCUT2D eigenvalue weighted by Gasteiger charge is 2.28. The van der Waals surface area contributed by atoms with E-state index in [1.165, 1.54) is 6.92 Å². The van der Waals surface area contributed by atoms with Gasteiger partial charge in [-0.05, 0) is 36.2 Å². The Morgan fingerprint density at radius 1 is 1.33 bits per heavy atom. The van der Waals surface area contributed by atoms with Crippen molar-refractivity contribution in [1.29, 1.82) is 0 Å². The number of nitrogens with one attached hydrogen (secondary N) is 1. The van der Waals surface area contributed by atoms with E-state index in [-0.39, 0.29) is 11.8 Å². The van der Waals surface area contributed by atoms with Crippen LogP contribution in [0, 0.1) is 0 Å². The monoisotopic (exact) mass is 343 g/mol. The molecule has 1 N–H and O–H groups in total. The van der Waals surface area contributed by atoms with Crippen LogP contribution in [0.4, 0.5) is 5.69 Å². The Bertz CT molecular complexity index is 764. The highest BCUT2D eigenvalue weighted by Crippen LogP contribution is 2.29. The quantitative estimate of drug-likeness (QED) is 0.929. The number of amides is 2. The van der Waals surface area contributed by atoms with E-state index in [2.05, 4.69) is 10.3 Å². The molecule has 124 valence electrons. The summed E-state index contributed by atoms with van der Waals surface area (Å²) in [7, 11) is 0. The molecule has 24 heavy (non-hydrogen) atoms. The minimum absolute atomic E-state index is 0.0438. The number of halogens is 1. The summed E-state index contributed by atoms with van der Waals surface area (Å²) < 4.78 is 0. The molecule has 1 unspecified atom stereocenters. The first-order valence-electron chi connectivity index (χ1n) is 7.81. The summed E-state index contributed by atoms with van der Waals surface area (Å²) in [6.07, 6.45) is 4.53. The molecule has 0 saturated carbocycles. The van der Waals surface area contributed by atoms with E-state index >= 15 is 0 Å². The molecular weight excluding hydrogens is 326 g/mol. The van der Waals surface area contributed by atoms with Gasteiger partial charge in [0.05, 0.1) is 10.7 Å². The molecule has 1 aromatic heterocycles. The second kappa shape index (κ2) is 7.01. The summed E-state index contributed by atoms with van der Waals surface area (Å²) in [6, 6.07) is 8.92. The Hall–Kier alpha value is -2.40. The zero-order valence-corrected chi connectivity index (χ0v) is 14.1. The van der Waals surface area contributed by atoms with Gasteiger partial charge in [0.1, 0.15) is 0 Å². The fourth-order valence-electron chi connectivity index (χ4n) is 2.96. The van der Waals surface area contributed by atoms with Crippen molar-refractivity contribution in [3.63, 3.8) is 0 Å². The van der Waals surface area contributed by atoms with Crippen molar-refractivity contribution in [2.45, 2.75) is 19.3 Å². The number of anilines is 1. The van der Waals surface area contributed by atoms with E-state index in [1.54, 1.807) is 24.4 Å². The summed E-state index contributed by atoms with van der Waals surface area (Å²) in [6.45, 7) is 2.80. The second-order valence-electron chi connectivity index (χ2n) is 5.90. The lowest BCUT2D eigenvalue weighted by Gasteiger charge is -2.17. The minimum Gasteiger partial charge on any atom is -0.338 e. The van der Waals surface area contributed by atoms with Gasteiger partial charge in [0.2, 0.25) is 5.91 Å². The van der Waals surface area contributed by atoms with Crippen LogP contribution in [0.2, 0.25) is 5.02 Å². The predicted octanol–water partition coefficient (Wildman–Crippen LogP) is 3.32. The fourth-order valence-corrected chi connectivity index (χ4v) is 3.18. The Kier molecular flexibility index (Phi) is 4.81. The third-order valence-corrected chi connectivity index (χ3v) is 4.47. The Morgan fingerprint density at radius 2 is 2.17 bits per heavy atom. The van der Waals surface area contributed by atoms with Crippen molar-refractivity contribution in [3.8, 4) is 0 Å². The number of nitrogens with zero attached hydrogens (tertiary/aromatic N) is 2. The van der Waals surface area contributed by atoms with Crippen LogP contribution in [0.25, 0.3) is 0 Å². The van der Waals surface area contributed by atoms with Gasteiger partial charge in [-0.15, -0.1) is 0 Å².